The number of aliphatic carboxylic acids is 1. The summed E-state index contributed by atoms with van der Waals surface area (Å²) in [6.07, 6.45) is 2.86. The first-order chi connectivity index (χ1) is 15.0. The third-order valence-electron chi connectivity index (χ3n) is 5.73. The first kappa shape index (κ1) is 21.6. The highest BCUT2D eigenvalue weighted by Crippen LogP contribution is 2.38. The number of nitrogens with one attached hydrogen (secondary N) is 1. The van der Waals surface area contributed by atoms with Crippen molar-refractivity contribution < 1.29 is 19.4 Å². The third kappa shape index (κ3) is 4.70. The average Bonchev–Trinajstić information content (AvgIpc) is 3.17. The summed E-state index contributed by atoms with van der Waals surface area (Å²) in [5.74, 6) is 2.02. The van der Waals surface area contributed by atoms with Gasteiger partial charge in [0.25, 0.3) is 0 Å². The summed E-state index contributed by atoms with van der Waals surface area (Å²) in [6.45, 7) is 0.547. The molecule has 0 spiro atoms. The minimum absolute atomic E-state index is 0.155. The number of aromatic nitrogens is 2. The molecule has 2 aromatic heterocycles. The van der Waals surface area contributed by atoms with E-state index in [1.807, 2.05) is 24.3 Å². The molecule has 31 heavy (non-hydrogen) atoms. The number of hydrogen-bond acceptors (Lipinski definition) is 7. The van der Waals surface area contributed by atoms with Gasteiger partial charge in [0, 0.05) is 12.5 Å². The van der Waals surface area contributed by atoms with E-state index in [0.29, 0.717) is 35.2 Å². The molecule has 1 aliphatic rings. The number of nitrogens with zero attached hydrogens (tertiary/aromatic N) is 2. The van der Waals surface area contributed by atoms with Crippen molar-refractivity contribution in [2.75, 3.05) is 19.5 Å². The SMILES string of the molecule is COc1ccc(CNc2nc(C3CCC(C(=O)O)CC3)nc3sc(Cl)cc23)cc1OC. The van der Waals surface area contributed by atoms with Crippen molar-refractivity contribution in [3.05, 3.63) is 40.0 Å². The number of benzene rings is 1. The number of hydrogen-bond donors (Lipinski definition) is 2. The Hall–Kier alpha value is -2.58. The van der Waals surface area contributed by atoms with E-state index in [1.54, 1.807) is 14.2 Å². The van der Waals surface area contributed by atoms with Gasteiger partial charge in [-0.25, -0.2) is 9.97 Å². The van der Waals surface area contributed by atoms with Crippen LogP contribution < -0.4 is 14.8 Å². The predicted octanol–water partition coefficient (Wildman–Crippen LogP) is 5.33. The maximum absolute atomic E-state index is 11.3. The second-order valence-corrected chi connectivity index (χ2v) is 9.29. The second kappa shape index (κ2) is 9.28. The maximum atomic E-state index is 11.3. The Labute approximate surface area is 189 Å². The number of methoxy groups -OCH3 is 2. The smallest absolute Gasteiger partial charge is 0.306 e. The molecule has 4 rings (SSSR count). The molecule has 1 saturated carbocycles. The molecule has 9 heteroatoms. The van der Waals surface area contributed by atoms with Gasteiger partial charge in [-0.15, -0.1) is 11.3 Å². The Balaban J connectivity index is 1.58. The van der Waals surface area contributed by atoms with Crippen LogP contribution in [0.25, 0.3) is 10.2 Å². The van der Waals surface area contributed by atoms with Crippen molar-refractivity contribution in [3.63, 3.8) is 0 Å². The molecule has 0 saturated heterocycles. The molecule has 0 atom stereocenters. The Morgan fingerprint density at radius 3 is 2.58 bits per heavy atom. The van der Waals surface area contributed by atoms with Crippen molar-refractivity contribution >= 4 is 44.9 Å². The Bertz CT molecular complexity index is 1100. The zero-order valence-electron chi connectivity index (χ0n) is 17.4. The van der Waals surface area contributed by atoms with Gasteiger partial charge in [0.05, 0.1) is 29.9 Å². The van der Waals surface area contributed by atoms with Gasteiger partial charge >= 0.3 is 5.97 Å². The molecular formula is C22H24ClN3O4S. The minimum atomic E-state index is -0.711. The van der Waals surface area contributed by atoms with Gasteiger partial charge in [0.15, 0.2) is 11.5 Å². The standard InChI is InChI=1S/C22H24ClN3O4S/c1-29-16-8-3-12(9-17(16)30-2)11-24-20-15-10-18(23)31-21(15)26-19(25-20)13-4-6-14(7-5-13)22(27)28/h3,8-10,13-14H,4-7,11H2,1-2H3,(H,27,28)(H,24,25,26). The lowest BCUT2D eigenvalue weighted by atomic mass is 9.81. The van der Waals surface area contributed by atoms with Gasteiger partial charge in [-0.2, -0.15) is 0 Å². The van der Waals surface area contributed by atoms with Crippen molar-refractivity contribution in [1.29, 1.82) is 0 Å². The average molecular weight is 462 g/mol. The number of ether oxygens (including phenoxy) is 2. The molecule has 0 bridgehead atoms. The van der Waals surface area contributed by atoms with Crippen LogP contribution in [-0.2, 0) is 11.3 Å². The Morgan fingerprint density at radius 2 is 1.90 bits per heavy atom. The molecule has 0 radical (unpaired) electrons. The number of carboxylic acids is 1. The van der Waals surface area contributed by atoms with Crippen molar-refractivity contribution in [2.45, 2.75) is 38.1 Å². The quantitative estimate of drug-likeness (QED) is 0.491. The number of halogens is 1. The van der Waals surface area contributed by atoms with E-state index in [0.717, 1.165) is 40.3 Å². The first-order valence-electron chi connectivity index (χ1n) is 10.1. The van der Waals surface area contributed by atoms with Crippen LogP contribution in [0.3, 0.4) is 0 Å². The summed E-state index contributed by atoms with van der Waals surface area (Å²) in [6, 6.07) is 7.66. The van der Waals surface area contributed by atoms with E-state index >= 15 is 0 Å². The van der Waals surface area contributed by atoms with Gasteiger partial charge in [0.2, 0.25) is 0 Å². The van der Waals surface area contributed by atoms with Crippen LogP contribution in [0, 0.1) is 5.92 Å². The fourth-order valence-electron chi connectivity index (χ4n) is 4.00. The largest absolute Gasteiger partial charge is 0.493 e. The number of thiophene rings is 1. The summed E-state index contributed by atoms with van der Waals surface area (Å²) in [4.78, 5) is 21.7. The first-order valence-corrected chi connectivity index (χ1v) is 11.3. The van der Waals surface area contributed by atoms with Gasteiger partial charge in [-0.1, -0.05) is 17.7 Å². The van der Waals surface area contributed by atoms with Gasteiger partial charge in [0.1, 0.15) is 16.5 Å². The van der Waals surface area contributed by atoms with Crippen LogP contribution in [-0.4, -0.2) is 35.3 Å². The molecule has 3 aromatic rings. The number of fused-ring (bicyclic) bond motifs is 1. The summed E-state index contributed by atoms with van der Waals surface area (Å²) >= 11 is 7.69. The van der Waals surface area contributed by atoms with Gasteiger partial charge < -0.3 is 19.9 Å². The van der Waals surface area contributed by atoms with Gasteiger partial charge in [-0.05, 0) is 49.4 Å². The lowest BCUT2D eigenvalue weighted by Crippen LogP contribution is -2.21. The zero-order valence-corrected chi connectivity index (χ0v) is 18.9. The van der Waals surface area contributed by atoms with Crippen LogP contribution >= 0.6 is 22.9 Å². The summed E-state index contributed by atoms with van der Waals surface area (Å²) in [5.41, 5.74) is 1.02. The Morgan fingerprint density at radius 1 is 1.16 bits per heavy atom. The van der Waals surface area contributed by atoms with Crippen LogP contribution in [0.15, 0.2) is 24.3 Å². The van der Waals surface area contributed by atoms with E-state index in [4.69, 9.17) is 31.0 Å². The maximum Gasteiger partial charge on any atom is 0.306 e. The van der Waals surface area contributed by atoms with Crippen LogP contribution in [0.1, 0.15) is 43.0 Å². The van der Waals surface area contributed by atoms with E-state index in [2.05, 4.69) is 5.32 Å². The zero-order chi connectivity index (χ0) is 22.0. The van der Waals surface area contributed by atoms with E-state index < -0.39 is 5.97 Å². The predicted molar refractivity (Wildman–Crippen MR) is 122 cm³/mol. The third-order valence-corrected chi connectivity index (χ3v) is 6.89. The van der Waals surface area contributed by atoms with Gasteiger partial charge in [-0.3, -0.25) is 4.79 Å². The molecule has 0 amide bonds. The normalized spacial score (nSPS) is 18.7. The fourth-order valence-corrected chi connectivity index (χ4v) is 5.10. The highest BCUT2D eigenvalue weighted by Gasteiger charge is 2.29. The molecule has 1 aliphatic carbocycles. The van der Waals surface area contributed by atoms with Crippen LogP contribution in [0.5, 0.6) is 11.5 Å². The van der Waals surface area contributed by atoms with Crippen molar-refractivity contribution in [1.82, 2.24) is 9.97 Å². The number of anilines is 1. The van der Waals surface area contributed by atoms with Crippen molar-refractivity contribution in [2.24, 2.45) is 5.92 Å². The molecule has 2 heterocycles. The van der Waals surface area contributed by atoms with Crippen LogP contribution in [0.4, 0.5) is 5.82 Å². The van der Waals surface area contributed by atoms with E-state index in [9.17, 15) is 9.90 Å². The van der Waals surface area contributed by atoms with E-state index in [-0.39, 0.29) is 11.8 Å². The highest BCUT2D eigenvalue weighted by atomic mass is 35.5. The summed E-state index contributed by atoms with van der Waals surface area (Å²) in [5, 5.41) is 13.6. The van der Waals surface area contributed by atoms with Crippen molar-refractivity contribution in [3.8, 4) is 11.5 Å². The highest BCUT2D eigenvalue weighted by molar-refractivity contribution is 7.22. The van der Waals surface area contributed by atoms with Crippen LogP contribution in [0.2, 0.25) is 4.34 Å². The lowest BCUT2D eigenvalue weighted by molar-refractivity contribution is -0.142. The van der Waals surface area contributed by atoms with E-state index in [1.165, 1.54) is 11.3 Å². The number of carboxylic acid groups (broad SMARTS) is 1. The number of carbonyl (C=O) groups is 1. The fraction of sp³-hybridized carbons (Fsp3) is 0.409. The Kier molecular flexibility index (Phi) is 6.48. The topological polar surface area (TPSA) is 93.6 Å². The second-order valence-electron chi connectivity index (χ2n) is 7.63. The number of rotatable bonds is 7. The lowest BCUT2D eigenvalue weighted by Gasteiger charge is -2.25. The molecule has 1 fully saturated rings. The molecule has 0 unspecified atom stereocenters. The summed E-state index contributed by atoms with van der Waals surface area (Å²) in [7, 11) is 3.22. The monoisotopic (exact) mass is 461 g/mol. The summed E-state index contributed by atoms with van der Waals surface area (Å²) < 4.78 is 11.4. The molecule has 164 valence electrons. The minimum Gasteiger partial charge on any atom is -0.493 e. The molecular weight excluding hydrogens is 438 g/mol. The molecule has 1 aromatic carbocycles. The molecule has 2 N–H and O–H groups in total. The molecule has 0 aliphatic heterocycles. The molecule has 7 nitrogen and oxygen atoms in total.